The number of allylic oxidation sites excluding steroid dienone is 6. The van der Waals surface area contributed by atoms with E-state index in [0.29, 0.717) is 25.9 Å². The number of aliphatic hydroxyl groups is 2. The summed E-state index contributed by atoms with van der Waals surface area (Å²) in [6.07, 6.45) is 78.8. The van der Waals surface area contributed by atoms with Gasteiger partial charge in [0, 0.05) is 12.8 Å². The molecular weight excluding hydrogens is 899 g/mol. The molecule has 0 aromatic rings. The van der Waals surface area contributed by atoms with Gasteiger partial charge in [-0.1, -0.05) is 294 Å². The second-order valence-corrected chi connectivity index (χ2v) is 22.5. The van der Waals surface area contributed by atoms with Crippen molar-refractivity contribution in [3.05, 3.63) is 36.5 Å². The molecule has 0 aliphatic rings. The smallest absolute Gasteiger partial charge is 0.305 e. The van der Waals surface area contributed by atoms with E-state index in [1.807, 2.05) is 0 Å². The zero-order valence-corrected chi connectivity index (χ0v) is 49.1. The van der Waals surface area contributed by atoms with Crippen molar-refractivity contribution in [2.75, 3.05) is 13.2 Å². The zero-order chi connectivity index (χ0) is 52.9. The van der Waals surface area contributed by atoms with Crippen LogP contribution >= 0.6 is 0 Å². The van der Waals surface area contributed by atoms with Crippen LogP contribution in [0.4, 0.5) is 0 Å². The molecule has 2 unspecified atom stereocenters. The highest BCUT2D eigenvalue weighted by atomic mass is 16.5. The average Bonchev–Trinajstić information content (AvgIpc) is 3.39. The zero-order valence-electron chi connectivity index (χ0n) is 49.1. The summed E-state index contributed by atoms with van der Waals surface area (Å²) in [5.41, 5.74) is 0. The van der Waals surface area contributed by atoms with Crippen LogP contribution in [0.1, 0.15) is 354 Å². The van der Waals surface area contributed by atoms with Gasteiger partial charge in [0.15, 0.2) is 0 Å². The summed E-state index contributed by atoms with van der Waals surface area (Å²) in [4.78, 5) is 24.6. The van der Waals surface area contributed by atoms with E-state index in [-0.39, 0.29) is 18.5 Å². The van der Waals surface area contributed by atoms with Gasteiger partial charge in [0.25, 0.3) is 0 Å². The van der Waals surface area contributed by atoms with Crippen molar-refractivity contribution in [2.24, 2.45) is 0 Å². The molecule has 0 spiro atoms. The van der Waals surface area contributed by atoms with Crippen LogP contribution in [-0.2, 0) is 14.3 Å². The third-order valence-electron chi connectivity index (χ3n) is 15.2. The minimum atomic E-state index is -0.673. The molecule has 0 bridgehead atoms. The minimum Gasteiger partial charge on any atom is -0.466 e. The lowest BCUT2D eigenvalue weighted by atomic mass is 10.0. The van der Waals surface area contributed by atoms with Crippen LogP contribution in [0.25, 0.3) is 0 Å². The first kappa shape index (κ1) is 71.1. The van der Waals surface area contributed by atoms with Crippen LogP contribution in [0, 0.1) is 0 Å². The number of aliphatic hydroxyl groups excluding tert-OH is 2. The molecule has 0 aromatic carbocycles. The molecule has 0 radical (unpaired) electrons. The maximum Gasteiger partial charge on any atom is 0.305 e. The Bertz CT molecular complexity index is 1180. The van der Waals surface area contributed by atoms with Crippen LogP contribution in [0.3, 0.4) is 0 Å². The standard InChI is InChI=1S/C67H127NO5/c1-3-5-7-9-11-13-15-17-19-20-21-22-23-25-28-32-35-39-43-47-51-55-59-65(70)64(63-69)68-66(71)60-56-52-48-44-40-36-33-29-26-24-27-30-34-38-42-46-50-54-58-62-73-67(72)61-57-53-49-45-41-37-31-18-16-14-12-10-8-6-4-2/h18,30-31,34,38,42,64-65,69-70H,3-17,19-29,32-33,35-37,39-41,43-63H2,1-2H3,(H,68,71)/b31-18-,34-30-,42-38-. The number of ether oxygens (including phenoxy) is 1. The Hall–Kier alpha value is -1.92. The number of amides is 1. The largest absolute Gasteiger partial charge is 0.466 e. The predicted molar refractivity (Wildman–Crippen MR) is 319 cm³/mol. The van der Waals surface area contributed by atoms with E-state index in [4.69, 9.17) is 4.74 Å². The highest BCUT2D eigenvalue weighted by Gasteiger charge is 2.20. The molecular formula is C67H127NO5. The second-order valence-electron chi connectivity index (χ2n) is 22.5. The maximum atomic E-state index is 12.5. The fourth-order valence-corrected chi connectivity index (χ4v) is 10.2. The van der Waals surface area contributed by atoms with Gasteiger partial charge in [0.05, 0.1) is 25.4 Å². The molecule has 0 rings (SSSR count). The van der Waals surface area contributed by atoms with Gasteiger partial charge in [0.2, 0.25) is 5.91 Å². The van der Waals surface area contributed by atoms with Crippen molar-refractivity contribution >= 4 is 11.9 Å². The van der Waals surface area contributed by atoms with Crippen molar-refractivity contribution in [1.82, 2.24) is 5.32 Å². The Morgan fingerprint density at radius 2 is 0.685 bits per heavy atom. The molecule has 0 aliphatic carbocycles. The van der Waals surface area contributed by atoms with E-state index in [9.17, 15) is 19.8 Å². The maximum absolute atomic E-state index is 12.5. The second kappa shape index (κ2) is 62.6. The number of nitrogens with one attached hydrogen (secondary N) is 1. The van der Waals surface area contributed by atoms with Crippen LogP contribution in [-0.4, -0.2) is 47.4 Å². The SMILES string of the molecule is CCCCCCCC/C=C\CCCCCCCC(=O)OCCCCC/C=C\C=C/CCCCCCCCCCCCC(=O)NC(CO)C(O)CCCCCCCCCCCCCCCCCCCCCCCC. The van der Waals surface area contributed by atoms with E-state index in [2.05, 4.69) is 55.6 Å². The summed E-state index contributed by atoms with van der Waals surface area (Å²) in [7, 11) is 0. The molecule has 0 heterocycles. The first-order chi connectivity index (χ1) is 36.0. The third-order valence-corrected chi connectivity index (χ3v) is 15.2. The highest BCUT2D eigenvalue weighted by Crippen LogP contribution is 2.18. The molecule has 2 atom stereocenters. The Morgan fingerprint density at radius 1 is 0.384 bits per heavy atom. The molecule has 0 fully saturated rings. The lowest BCUT2D eigenvalue weighted by molar-refractivity contribution is -0.143. The summed E-state index contributed by atoms with van der Waals surface area (Å²) >= 11 is 0. The summed E-state index contributed by atoms with van der Waals surface area (Å²) in [6.45, 7) is 4.93. The fraction of sp³-hybridized carbons (Fsp3) is 0.881. The van der Waals surface area contributed by atoms with Gasteiger partial charge >= 0.3 is 5.97 Å². The van der Waals surface area contributed by atoms with E-state index in [1.165, 1.54) is 250 Å². The summed E-state index contributed by atoms with van der Waals surface area (Å²) in [6, 6.07) is -0.551. The third kappa shape index (κ3) is 59.2. The fourth-order valence-electron chi connectivity index (χ4n) is 10.2. The Kier molecular flexibility index (Phi) is 61.0. The molecule has 0 saturated carbocycles. The first-order valence-electron chi connectivity index (χ1n) is 32.8. The van der Waals surface area contributed by atoms with Gasteiger partial charge in [-0.25, -0.2) is 0 Å². The number of hydrogen-bond donors (Lipinski definition) is 3. The van der Waals surface area contributed by atoms with Gasteiger partial charge in [-0.15, -0.1) is 0 Å². The number of rotatable bonds is 61. The van der Waals surface area contributed by atoms with Crippen LogP contribution < -0.4 is 5.32 Å². The van der Waals surface area contributed by atoms with Gasteiger partial charge in [0.1, 0.15) is 0 Å². The first-order valence-corrected chi connectivity index (χ1v) is 32.8. The normalized spacial score (nSPS) is 12.8. The molecule has 3 N–H and O–H groups in total. The summed E-state index contributed by atoms with van der Waals surface area (Å²) in [5.74, 6) is -0.0625. The van der Waals surface area contributed by atoms with Crippen LogP contribution in [0.2, 0.25) is 0 Å². The molecule has 6 nitrogen and oxygen atoms in total. The molecule has 430 valence electrons. The molecule has 0 saturated heterocycles. The number of carbonyl (C=O) groups is 2. The van der Waals surface area contributed by atoms with E-state index in [0.717, 1.165) is 70.6 Å². The molecule has 6 heteroatoms. The van der Waals surface area contributed by atoms with Crippen LogP contribution in [0.5, 0.6) is 0 Å². The van der Waals surface area contributed by atoms with Gasteiger partial charge in [-0.2, -0.15) is 0 Å². The Labute approximate surface area is 455 Å². The average molecular weight is 1030 g/mol. The Morgan fingerprint density at radius 3 is 1.05 bits per heavy atom. The van der Waals surface area contributed by atoms with Crippen molar-refractivity contribution < 1.29 is 24.5 Å². The number of hydrogen-bond acceptors (Lipinski definition) is 5. The van der Waals surface area contributed by atoms with E-state index >= 15 is 0 Å². The van der Waals surface area contributed by atoms with Crippen LogP contribution in [0.15, 0.2) is 36.5 Å². The van der Waals surface area contributed by atoms with E-state index in [1.54, 1.807) is 0 Å². The van der Waals surface area contributed by atoms with Gasteiger partial charge < -0.3 is 20.3 Å². The number of unbranched alkanes of at least 4 members (excludes halogenated alkanes) is 45. The summed E-state index contributed by atoms with van der Waals surface area (Å²) < 4.78 is 5.46. The number of carbonyl (C=O) groups excluding carboxylic acids is 2. The quantitative estimate of drug-likeness (QED) is 0.0244. The topological polar surface area (TPSA) is 95.9 Å². The molecule has 1 amide bonds. The van der Waals surface area contributed by atoms with Crippen molar-refractivity contribution in [2.45, 2.75) is 366 Å². The minimum absolute atomic E-state index is 0.0207. The lowest BCUT2D eigenvalue weighted by Crippen LogP contribution is -2.45. The summed E-state index contributed by atoms with van der Waals surface area (Å²) in [5, 5.41) is 23.4. The van der Waals surface area contributed by atoms with E-state index < -0.39 is 12.1 Å². The Balaban J connectivity index is 3.47. The highest BCUT2D eigenvalue weighted by molar-refractivity contribution is 5.76. The van der Waals surface area contributed by atoms with Crippen molar-refractivity contribution in [3.8, 4) is 0 Å². The number of esters is 1. The van der Waals surface area contributed by atoms with Crippen molar-refractivity contribution in [1.29, 1.82) is 0 Å². The molecule has 0 aromatic heterocycles. The molecule has 0 aliphatic heterocycles. The predicted octanol–water partition coefficient (Wildman–Crippen LogP) is 20.8. The van der Waals surface area contributed by atoms with Gasteiger partial charge in [-0.3, -0.25) is 9.59 Å². The lowest BCUT2D eigenvalue weighted by Gasteiger charge is -2.22. The monoisotopic (exact) mass is 1030 g/mol. The molecule has 73 heavy (non-hydrogen) atoms. The van der Waals surface area contributed by atoms with Crippen molar-refractivity contribution in [3.63, 3.8) is 0 Å². The van der Waals surface area contributed by atoms with Gasteiger partial charge in [-0.05, 0) is 83.5 Å².